The highest BCUT2D eigenvalue weighted by atomic mass is 32.1. The summed E-state index contributed by atoms with van der Waals surface area (Å²) in [6.45, 7) is 4.08. The van der Waals surface area contributed by atoms with Crippen LogP contribution in [0.5, 0.6) is 0 Å². The molecule has 1 aliphatic rings. The Hall–Kier alpha value is -3.78. The molecule has 0 aliphatic heterocycles. The van der Waals surface area contributed by atoms with Gasteiger partial charge in [-0.2, -0.15) is 18.7 Å². The first kappa shape index (κ1) is 21.5. The van der Waals surface area contributed by atoms with Gasteiger partial charge in [-0.15, -0.1) is 0 Å². The third kappa shape index (κ3) is 3.69. The molecule has 4 heterocycles. The summed E-state index contributed by atoms with van der Waals surface area (Å²) in [5.41, 5.74) is 4.77. The van der Waals surface area contributed by atoms with Gasteiger partial charge in [0.25, 0.3) is 0 Å². The molecule has 32 heavy (non-hydrogen) atoms. The SMILES string of the molecule is CCc1cc(-c2noc(C3(C#N)CC3)n2)cnc1-c1nc2cc(C)cnc2n1C.O=S=O. The van der Waals surface area contributed by atoms with Gasteiger partial charge in [0.1, 0.15) is 16.6 Å². The maximum Gasteiger partial charge on any atom is 0.335 e. The molecule has 0 radical (unpaired) electrons. The van der Waals surface area contributed by atoms with Crippen molar-refractivity contribution in [1.29, 1.82) is 5.26 Å². The Kier molecular flexibility index (Phi) is 5.63. The van der Waals surface area contributed by atoms with Crippen molar-refractivity contribution in [2.75, 3.05) is 0 Å². The van der Waals surface area contributed by atoms with E-state index in [1.807, 2.05) is 36.9 Å². The van der Waals surface area contributed by atoms with E-state index in [0.717, 1.165) is 58.6 Å². The second kappa shape index (κ2) is 8.39. The average Bonchev–Trinajstić information content (AvgIpc) is 3.32. The summed E-state index contributed by atoms with van der Waals surface area (Å²) in [5, 5.41) is 13.4. The van der Waals surface area contributed by atoms with Crippen LogP contribution in [0.3, 0.4) is 0 Å². The largest absolute Gasteiger partial charge is 0.337 e. The molecule has 1 saturated carbocycles. The van der Waals surface area contributed by atoms with Gasteiger partial charge in [0.05, 0.1) is 6.07 Å². The van der Waals surface area contributed by atoms with Gasteiger partial charge in [-0.25, -0.2) is 9.97 Å². The van der Waals surface area contributed by atoms with E-state index < -0.39 is 17.0 Å². The van der Waals surface area contributed by atoms with Crippen LogP contribution in [-0.4, -0.2) is 38.1 Å². The van der Waals surface area contributed by atoms with Crippen molar-refractivity contribution in [3.8, 4) is 29.0 Å². The highest BCUT2D eigenvalue weighted by molar-refractivity contribution is 7.51. The van der Waals surface area contributed by atoms with Gasteiger partial charge in [-0.1, -0.05) is 12.1 Å². The number of hydrogen-bond acceptors (Lipinski definition) is 9. The molecule has 5 rings (SSSR count). The maximum atomic E-state index is 9.33. The number of rotatable bonds is 4. The lowest BCUT2D eigenvalue weighted by molar-refractivity contribution is 0.365. The van der Waals surface area contributed by atoms with E-state index in [1.54, 1.807) is 6.20 Å². The highest BCUT2D eigenvalue weighted by Gasteiger charge is 2.50. The Balaban J connectivity index is 0.000000775. The normalized spacial score (nSPS) is 13.8. The molecule has 0 amide bonds. The summed E-state index contributed by atoms with van der Waals surface area (Å²) in [7, 11) is 1.95. The van der Waals surface area contributed by atoms with Crippen LogP contribution in [0.1, 0.15) is 36.8 Å². The standard InChI is InChI=1S/C21H19N7O.O2S/c1-4-13-8-14(17-26-20(29-27-17)21(11-22)5-6-21)10-23-16(13)19-25-15-7-12(2)9-24-18(15)28(19)3;1-3-2/h7-10H,4-6H2,1-3H3;. The molecule has 0 atom stereocenters. The molecular weight excluding hydrogens is 430 g/mol. The molecule has 11 heteroatoms. The molecule has 4 aromatic heterocycles. The fourth-order valence-corrected chi connectivity index (χ4v) is 3.53. The average molecular weight is 449 g/mol. The van der Waals surface area contributed by atoms with Gasteiger partial charge >= 0.3 is 11.6 Å². The van der Waals surface area contributed by atoms with Gasteiger partial charge in [0.15, 0.2) is 11.5 Å². The minimum absolute atomic E-state index is 0.397. The van der Waals surface area contributed by atoms with E-state index in [-0.39, 0.29) is 0 Å². The summed E-state index contributed by atoms with van der Waals surface area (Å²) >= 11 is -0.750. The Morgan fingerprint density at radius 3 is 2.62 bits per heavy atom. The van der Waals surface area contributed by atoms with Crippen LogP contribution in [0.2, 0.25) is 0 Å². The second-order valence-electron chi connectivity index (χ2n) is 7.62. The Morgan fingerprint density at radius 2 is 1.97 bits per heavy atom. The molecule has 0 N–H and O–H groups in total. The van der Waals surface area contributed by atoms with Crippen molar-refractivity contribution < 1.29 is 12.9 Å². The van der Waals surface area contributed by atoms with Gasteiger partial charge < -0.3 is 9.09 Å². The lowest BCUT2D eigenvalue weighted by Gasteiger charge is -2.08. The van der Waals surface area contributed by atoms with Crippen LogP contribution >= 0.6 is 0 Å². The first-order chi connectivity index (χ1) is 15.5. The van der Waals surface area contributed by atoms with Crippen molar-refractivity contribution >= 4 is 22.7 Å². The van der Waals surface area contributed by atoms with E-state index in [9.17, 15) is 5.26 Å². The maximum absolute atomic E-state index is 9.33. The van der Waals surface area contributed by atoms with Crippen LogP contribution in [0.25, 0.3) is 34.1 Å². The fourth-order valence-electron chi connectivity index (χ4n) is 3.53. The Morgan fingerprint density at radius 1 is 1.22 bits per heavy atom. The molecule has 10 nitrogen and oxygen atoms in total. The molecule has 0 bridgehead atoms. The molecule has 4 aromatic rings. The fraction of sp³-hybridized carbons (Fsp3) is 0.333. The molecule has 0 unspecified atom stereocenters. The molecule has 0 saturated heterocycles. The van der Waals surface area contributed by atoms with E-state index >= 15 is 0 Å². The lowest BCUT2D eigenvalue weighted by atomic mass is 10.1. The van der Waals surface area contributed by atoms with Crippen LogP contribution in [-0.2, 0) is 30.5 Å². The van der Waals surface area contributed by atoms with Crippen LogP contribution in [0, 0.1) is 18.3 Å². The summed E-state index contributed by atoms with van der Waals surface area (Å²) in [4.78, 5) is 18.4. The number of aromatic nitrogens is 6. The number of pyridine rings is 2. The summed E-state index contributed by atoms with van der Waals surface area (Å²) in [5.74, 6) is 1.63. The number of fused-ring (bicyclic) bond motifs is 1. The summed E-state index contributed by atoms with van der Waals surface area (Å²) in [6, 6.07) is 6.32. The molecule has 1 fully saturated rings. The minimum Gasteiger partial charge on any atom is -0.337 e. The van der Waals surface area contributed by atoms with Gasteiger partial charge in [0.2, 0.25) is 11.7 Å². The quantitative estimate of drug-likeness (QED) is 0.460. The Labute approximate surface area is 186 Å². The van der Waals surface area contributed by atoms with Crippen molar-refractivity contribution in [2.45, 2.75) is 38.5 Å². The van der Waals surface area contributed by atoms with Crippen LogP contribution < -0.4 is 0 Å². The number of nitrogens with zero attached hydrogens (tertiary/aromatic N) is 7. The molecule has 162 valence electrons. The number of nitriles is 1. The molecule has 0 aromatic carbocycles. The monoisotopic (exact) mass is 449 g/mol. The molecule has 0 spiro atoms. The van der Waals surface area contributed by atoms with Crippen molar-refractivity contribution in [2.24, 2.45) is 7.05 Å². The zero-order valence-corrected chi connectivity index (χ0v) is 18.5. The highest BCUT2D eigenvalue weighted by Crippen LogP contribution is 2.47. The van der Waals surface area contributed by atoms with Crippen molar-refractivity contribution in [1.82, 2.24) is 29.7 Å². The smallest absolute Gasteiger partial charge is 0.335 e. The number of imidazole rings is 1. The molecule has 1 aliphatic carbocycles. The van der Waals surface area contributed by atoms with Crippen molar-refractivity contribution in [3.05, 3.63) is 41.5 Å². The third-order valence-corrected chi connectivity index (χ3v) is 5.46. The summed E-state index contributed by atoms with van der Waals surface area (Å²) < 4.78 is 23.9. The van der Waals surface area contributed by atoms with Crippen LogP contribution in [0.4, 0.5) is 0 Å². The van der Waals surface area contributed by atoms with Crippen LogP contribution in [0.15, 0.2) is 29.0 Å². The van der Waals surface area contributed by atoms with E-state index in [4.69, 9.17) is 17.9 Å². The van der Waals surface area contributed by atoms with Crippen molar-refractivity contribution in [3.63, 3.8) is 0 Å². The first-order valence-electron chi connectivity index (χ1n) is 9.92. The predicted molar refractivity (Wildman–Crippen MR) is 115 cm³/mol. The zero-order chi connectivity index (χ0) is 22.9. The Bertz CT molecular complexity index is 1390. The van der Waals surface area contributed by atoms with E-state index in [1.165, 1.54) is 0 Å². The molecular formula is C21H19N7O3S. The predicted octanol–water partition coefficient (Wildman–Crippen LogP) is 2.84. The van der Waals surface area contributed by atoms with Gasteiger partial charge in [-0.05, 0) is 49.4 Å². The van der Waals surface area contributed by atoms with E-state index in [2.05, 4.69) is 33.1 Å². The summed E-state index contributed by atoms with van der Waals surface area (Å²) in [6.07, 6.45) is 5.88. The lowest BCUT2D eigenvalue weighted by Crippen LogP contribution is -2.03. The van der Waals surface area contributed by atoms with Gasteiger partial charge in [0, 0.05) is 25.0 Å². The van der Waals surface area contributed by atoms with Gasteiger partial charge in [-0.3, -0.25) is 4.98 Å². The minimum atomic E-state index is -0.750. The van der Waals surface area contributed by atoms with E-state index in [0.29, 0.717) is 11.7 Å². The first-order valence-corrected chi connectivity index (χ1v) is 10.6. The third-order valence-electron chi connectivity index (χ3n) is 5.46. The zero-order valence-electron chi connectivity index (χ0n) is 17.7. The second-order valence-corrected chi connectivity index (χ2v) is 7.76. The topological polar surface area (TPSA) is 140 Å². The number of aryl methyl sites for hydroxylation is 3. The number of hydrogen-bond donors (Lipinski definition) is 0.